The van der Waals surface area contributed by atoms with Crippen LogP contribution in [0.5, 0.6) is 0 Å². The van der Waals surface area contributed by atoms with Gasteiger partial charge in [0.05, 0.1) is 15.8 Å². The molecule has 1 amide bonds. The Labute approximate surface area is 157 Å². The van der Waals surface area contributed by atoms with Gasteiger partial charge in [-0.1, -0.05) is 31.4 Å². The lowest BCUT2D eigenvalue weighted by Gasteiger charge is -2.38. The number of benzene rings is 1. The number of nitrogens with zero attached hydrogens (tertiary/aromatic N) is 2. The minimum Gasteiger partial charge on any atom is -0.508 e. The molecule has 1 aromatic heterocycles. The van der Waals surface area contributed by atoms with Crippen molar-refractivity contribution >= 4 is 33.0 Å². The van der Waals surface area contributed by atoms with Crippen molar-refractivity contribution in [1.29, 1.82) is 5.26 Å². The van der Waals surface area contributed by atoms with Crippen LogP contribution in [-0.2, 0) is 4.79 Å². The van der Waals surface area contributed by atoms with E-state index in [1.165, 1.54) is 0 Å². The average molecular weight is 395 g/mol. The number of carbonyl (C=O) groups is 1. The van der Waals surface area contributed by atoms with Gasteiger partial charge in [0.1, 0.15) is 22.4 Å². The third-order valence-electron chi connectivity index (χ3n) is 4.63. The minimum atomic E-state index is -5.08. The van der Waals surface area contributed by atoms with E-state index in [1.54, 1.807) is 24.3 Å². The number of para-hydroxylation sites is 1. The molecule has 1 aromatic carbocycles. The molecule has 0 atom stereocenters. The summed E-state index contributed by atoms with van der Waals surface area (Å²) in [6, 6.07) is 8.96. The van der Waals surface area contributed by atoms with E-state index < -0.39 is 23.4 Å². The molecule has 0 saturated heterocycles. The maximum absolute atomic E-state index is 12.8. The van der Waals surface area contributed by atoms with Gasteiger partial charge in [0.25, 0.3) is 0 Å². The smallest absolute Gasteiger partial charge is 0.471 e. The van der Waals surface area contributed by atoms with Crippen molar-refractivity contribution in [2.75, 3.05) is 0 Å². The Kier molecular flexibility index (Phi) is 5.11. The lowest BCUT2D eigenvalue weighted by atomic mass is 9.78. The summed E-state index contributed by atoms with van der Waals surface area (Å²) >= 11 is 1.16. The highest BCUT2D eigenvalue weighted by Gasteiger charge is 2.47. The summed E-state index contributed by atoms with van der Waals surface area (Å²) < 4.78 is 39.2. The molecule has 0 radical (unpaired) electrons. The molecule has 0 aliphatic heterocycles. The molecule has 1 saturated carbocycles. The molecular formula is C18H16F3N3O2S. The number of fused-ring (bicyclic) bond motifs is 1. The van der Waals surface area contributed by atoms with Crippen molar-refractivity contribution in [3.8, 4) is 6.07 Å². The van der Waals surface area contributed by atoms with Crippen LogP contribution in [0.1, 0.15) is 37.1 Å². The zero-order valence-corrected chi connectivity index (χ0v) is 15.0. The summed E-state index contributed by atoms with van der Waals surface area (Å²) in [5.41, 5.74) is -1.20. The molecule has 1 heterocycles. The topological polar surface area (TPSA) is 86.0 Å². The molecule has 1 aliphatic carbocycles. The maximum Gasteiger partial charge on any atom is 0.471 e. The number of carbonyl (C=O) groups excluding carboxylic acids is 1. The summed E-state index contributed by atoms with van der Waals surface area (Å²) in [7, 11) is 0. The minimum absolute atomic E-state index is 0.122. The third-order valence-corrected chi connectivity index (χ3v) is 5.68. The first kappa shape index (κ1) is 19.2. The number of hydrogen-bond acceptors (Lipinski definition) is 5. The highest BCUT2D eigenvalue weighted by Crippen LogP contribution is 2.39. The van der Waals surface area contributed by atoms with Gasteiger partial charge in [0.15, 0.2) is 0 Å². The standard InChI is InChI=1S/C18H16F3N3O2S/c19-18(20,21)16(26)24-17(8-4-1-5-9-17)14(25)11(10-22)15-23-12-6-2-3-7-13(12)27-15/h2-3,6-7,25H,1,4-5,8-9H2,(H,24,26)/b14-11-. The number of nitrogens with one attached hydrogen (secondary N) is 1. The lowest BCUT2D eigenvalue weighted by molar-refractivity contribution is -0.176. The number of rotatable bonds is 3. The second-order valence-corrected chi connectivity index (χ2v) is 7.45. The Morgan fingerprint density at radius 1 is 1.26 bits per heavy atom. The molecule has 1 aliphatic rings. The van der Waals surface area contributed by atoms with E-state index in [1.807, 2.05) is 11.4 Å². The number of aliphatic hydroxyl groups is 1. The van der Waals surface area contributed by atoms with Crippen LogP contribution in [0.2, 0.25) is 0 Å². The van der Waals surface area contributed by atoms with Crippen molar-refractivity contribution in [2.45, 2.75) is 43.8 Å². The van der Waals surface area contributed by atoms with E-state index in [2.05, 4.69) is 4.98 Å². The zero-order chi connectivity index (χ0) is 19.7. The van der Waals surface area contributed by atoms with Crippen molar-refractivity contribution in [3.05, 3.63) is 35.0 Å². The molecule has 27 heavy (non-hydrogen) atoms. The Morgan fingerprint density at radius 3 is 2.52 bits per heavy atom. The van der Waals surface area contributed by atoms with Crippen LogP contribution in [0.4, 0.5) is 13.2 Å². The first-order chi connectivity index (χ1) is 12.8. The predicted octanol–water partition coefficient (Wildman–Crippen LogP) is 4.47. The first-order valence-corrected chi connectivity index (χ1v) is 9.17. The normalized spacial score (nSPS) is 17.9. The largest absolute Gasteiger partial charge is 0.508 e. The summed E-state index contributed by atoms with van der Waals surface area (Å²) in [6.07, 6.45) is -3.00. The average Bonchev–Trinajstić information content (AvgIpc) is 3.06. The molecule has 2 N–H and O–H groups in total. The van der Waals surface area contributed by atoms with Crippen LogP contribution in [-0.4, -0.2) is 27.7 Å². The van der Waals surface area contributed by atoms with Crippen LogP contribution in [0.25, 0.3) is 15.8 Å². The van der Waals surface area contributed by atoms with Gasteiger partial charge in [-0.15, -0.1) is 11.3 Å². The molecule has 142 valence electrons. The number of allylic oxidation sites excluding steroid dienone is 1. The highest BCUT2D eigenvalue weighted by molar-refractivity contribution is 7.19. The van der Waals surface area contributed by atoms with Crippen molar-refractivity contribution in [2.24, 2.45) is 0 Å². The number of amides is 1. The van der Waals surface area contributed by atoms with E-state index in [0.717, 1.165) is 22.5 Å². The fraction of sp³-hybridized carbons (Fsp3) is 0.389. The maximum atomic E-state index is 12.8. The summed E-state index contributed by atoms with van der Waals surface area (Å²) in [4.78, 5) is 15.9. The molecule has 9 heteroatoms. The number of nitriles is 1. The Balaban J connectivity index is 2.08. The molecule has 0 spiro atoms. The second kappa shape index (κ2) is 7.19. The SMILES string of the molecule is N#C/C(=C(/O)C1(NC(=O)C(F)(F)F)CCCCC1)c1nc2ccccc2s1. The highest BCUT2D eigenvalue weighted by atomic mass is 32.1. The van der Waals surface area contributed by atoms with Crippen LogP contribution in [0.15, 0.2) is 30.0 Å². The summed E-state index contributed by atoms with van der Waals surface area (Å²) in [6.45, 7) is 0. The molecule has 5 nitrogen and oxygen atoms in total. The Hall–Kier alpha value is -2.60. The first-order valence-electron chi connectivity index (χ1n) is 8.36. The van der Waals surface area contributed by atoms with E-state index in [9.17, 15) is 28.3 Å². The molecule has 1 fully saturated rings. The van der Waals surface area contributed by atoms with E-state index in [-0.39, 0.29) is 23.4 Å². The summed E-state index contributed by atoms with van der Waals surface area (Å²) in [5, 5.41) is 22.6. The molecule has 0 bridgehead atoms. The van der Waals surface area contributed by atoms with Crippen LogP contribution < -0.4 is 5.32 Å². The quantitative estimate of drug-likeness (QED) is 0.593. The zero-order valence-electron chi connectivity index (χ0n) is 14.1. The fourth-order valence-corrected chi connectivity index (χ4v) is 4.25. The number of aromatic nitrogens is 1. The predicted molar refractivity (Wildman–Crippen MR) is 94.8 cm³/mol. The van der Waals surface area contributed by atoms with Gasteiger partial charge in [-0.2, -0.15) is 18.4 Å². The van der Waals surface area contributed by atoms with Gasteiger partial charge in [0, 0.05) is 0 Å². The molecule has 2 aromatic rings. The molecule has 0 unspecified atom stereocenters. The monoisotopic (exact) mass is 395 g/mol. The number of hydrogen-bond donors (Lipinski definition) is 2. The van der Waals surface area contributed by atoms with Crippen LogP contribution >= 0.6 is 11.3 Å². The van der Waals surface area contributed by atoms with E-state index in [4.69, 9.17) is 0 Å². The van der Waals surface area contributed by atoms with Gasteiger partial charge in [0.2, 0.25) is 0 Å². The van der Waals surface area contributed by atoms with Gasteiger partial charge in [-0.25, -0.2) is 4.98 Å². The lowest BCUT2D eigenvalue weighted by Crippen LogP contribution is -2.55. The van der Waals surface area contributed by atoms with Gasteiger partial charge in [-0.3, -0.25) is 4.79 Å². The van der Waals surface area contributed by atoms with E-state index >= 15 is 0 Å². The Morgan fingerprint density at radius 2 is 1.93 bits per heavy atom. The summed E-state index contributed by atoms with van der Waals surface area (Å²) in [5.74, 6) is -2.68. The van der Waals surface area contributed by atoms with Gasteiger partial charge >= 0.3 is 12.1 Å². The molecular weight excluding hydrogens is 379 g/mol. The van der Waals surface area contributed by atoms with Crippen molar-refractivity contribution < 1.29 is 23.1 Å². The van der Waals surface area contributed by atoms with Gasteiger partial charge in [-0.05, 0) is 25.0 Å². The Bertz CT molecular complexity index is 904. The van der Waals surface area contributed by atoms with Crippen molar-refractivity contribution in [1.82, 2.24) is 10.3 Å². The van der Waals surface area contributed by atoms with Crippen LogP contribution in [0.3, 0.4) is 0 Å². The number of thiazole rings is 1. The van der Waals surface area contributed by atoms with Gasteiger partial charge < -0.3 is 10.4 Å². The second-order valence-electron chi connectivity index (χ2n) is 6.42. The van der Waals surface area contributed by atoms with Crippen LogP contribution in [0, 0.1) is 11.3 Å². The third kappa shape index (κ3) is 3.76. The number of aliphatic hydroxyl groups excluding tert-OH is 1. The fourth-order valence-electron chi connectivity index (χ4n) is 3.29. The van der Waals surface area contributed by atoms with Crippen molar-refractivity contribution in [3.63, 3.8) is 0 Å². The van der Waals surface area contributed by atoms with E-state index in [0.29, 0.717) is 18.4 Å². The number of halogens is 3. The number of alkyl halides is 3. The molecule has 3 rings (SSSR count).